The number of rotatable bonds is 6. The van der Waals surface area contributed by atoms with E-state index in [0.29, 0.717) is 18.4 Å². The summed E-state index contributed by atoms with van der Waals surface area (Å²) in [5, 5.41) is 0. The monoisotopic (exact) mass is 306 g/mol. The van der Waals surface area contributed by atoms with Crippen molar-refractivity contribution in [3.8, 4) is 0 Å². The smallest absolute Gasteiger partial charge is 0.308 e. The molecule has 0 aromatic rings. The highest BCUT2D eigenvalue weighted by molar-refractivity contribution is 5.72. The molecule has 0 atom stereocenters. The SMILES string of the molecule is C=C(C)C1CCC(COC(=O)C2CCC(CCC)CC2)CC1. The van der Waals surface area contributed by atoms with Gasteiger partial charge in [-0.15, -0.1) is 0 Å². The van der Waals surface area contributed by atoms with Gasteiger partial charge in [0.15, 0.2) is 0 Å². The van der Waals surface area contributed by atoms with E-state index in [1.165, 1.54) is 56.9 Å². The summed E-state index contributed by atoms with van der Waals surface area (Å²) < 4.78 is 5.65. The van der Waals surface area contributed by atoms with Crippen LogP contribution in [0.25, 0.3) is 0 Å². The van der Waals surface area contributed by atoms with Crippen LogP contribution in [0.15, 0.2) is 12.2 Å². The molecule has 2 fully saturated rings. The largest absolute Gasteiger partial charge is 0.465 e. The Morgan fingerprint density at radius 3 is 2.05 bits per heavy atom. The van der Waals surface area contributed by atoms with Crippen LogP contribution in [-0.4, -0.2) is 12.6 Å². The number of esters is 1. The van der Waals surface area contributed by atoms with E-state index in [2.05, 4.69) is 20.4 Å². The van der Waals surface area contributed by atoms with Crippen LogP contribution in [0.2, 0.25) is 0 Å². The third-order valence-corrected chi connectivity index (χ3v) is 5.88. The van der Waals surface area contributed by atoms with Crippen molar-refractivity contribution in [3.05, 3.63) is 12.2 Å². The fourth-order valence-corrected chi connectivity index (χ4v) is 4.23. The molecule has 2 aliphatic carbocycles. The molecule has 0 amide bonds. The second-order valence-electron chi connectivity index (χ2n) is 7.70. The van der Waals surface area contributed by atoms with Gasteiger partial charge in [0.2, 0.25) is 0 Å². The third kappa shape index (κ3) is 5.14. The molecule has 0 heterocycles. The average Bonchev–Trinajstić information content (AvgIpc) is 2.54. The van der Waals surface area contributed by atoms with Gasteiger partial charge in [0.25, 0.3) is 0 Å². The van der Waals surface area contributed by atoms with Crippen LogP contribution < -0.4 is 0 Å². The molecule has 0 N–H and O–H groups in total. The quantitative estimate of drug-likeness (QED) is 0.477. The predicted molar refractivity (Wildman–Crippen MR) is 91.6 cm³/mol. The first-order valence-corrected chi connectivity index (χ1v) is 9.42. The van der Waals surface area contributed by atoms with Crippen LogP contribution in [0.3, 0.4) is 0 Å². The van der Waals surface area contributed by atoms with Crippen molar-refractivity contribution in [1.29, 1.82) is 0 Å². The summed E-state index contributed by atoms with van der Waals surface area (Å²) in [7, 11) is 0. The minimum absolute atomic E-state index is 0.0805. The fourth-order valence-electron chi connectivity index (χ4n) is 4.23. The van der Waals surface area contributed by atoms with E-state index in [1.54, 1.807) is 0 Å². The van der Waals surface area contributed by atoms with Crippen LogP contribution in [0.5, 0.6) is 0 Å². The zero-order valence-corrected chi connectivity index (χ0v) is 14.6. The van der Waals surface area contributed by atoms with Crippen LogP contribution in [0.4, 0.5) is 0 Å². The van der Waals surface area contributed by atoms with Crippen LogP contribution in [0, 0.1) is 23.7 Å². The molecule has 0 aliphatic heterocycles. The highest BCUT2D eigenvalue weighted by Gasteiger charge is 2.28. The molecule has 22 heavy (non-hydrogen) atoms. The highest BCUT2D eigenvalue weighted by atomic mass is 16.5. The first-order valence-electron chi connectivity index (χ1n) is 9.42. The van der Waals surface area contributed by atoms with Crippen LogP contribution >= 0.6 is 0 Å². The zero-order chi connectivity index (χ0) is 15.9. The van der Waals surface area contributed by atoms with Crippen molar-refractivity contribution in [3.63, 3.8) is 0 Å². The second-order valence-corrected chi connectivity index (χ2v) is 7.70. The Hall–Kier alpha value is -0.790. The Morgan fingerprint density at radius 2 is 1.50 bits per heavy atom. The van der Waals surface area contributed by atoms with Crippen molar-refractivity contribution in [2.45, 2.75) is 78.1 Å². The Labute approximate surface area is 136 Å². The summed E-state index contributed by atoms with van der Waals surface area (Å²) in [6.45, 7) is 9.11. The van der Waals surface area contributed by atoms with Gasteiger partial charge in [-0.25, -0.2) is 0 Å². The molecule has 2 aliphatic rings. The predicted octanol–water partition coefficient (Wildman–Crippen LogP) is 5.52. The van der Waals surface area contributed by atoms with Crippen molar-refractivity contribution in [2.24, 2.45) is 23.7 Å². The molecular formula is C20H34O2. The lowest BCUT2D eigenvalue weighted by Crippen LogP contribution is -2.27. The Balaban J connectivity index is 1.63. The summed E-state index contributed by atoms with van der Waals surface area (Å²) in [5.41, 5.74) is 1.32. The lowest BCUT2D eigenvalue weighted by Gasteiger charge is -2.30. The topological polar surface area (TPSA) is 26.3 Å². The summed E-state index contributed by atoms with van der Waals surface area (Å²) in [5.74, 6) is 2.39. The van der Waals surface area contributed by atoms with Gasteiger partial charge in [-0.3, -0.25) is 4.79 Å². The molecule has 2 nitrogen and oxygen atoms in total. The minimum atomic E-state index is 0.0805. The number of allylic oxidation sites excluding steroid dienone is 1. The van der Waals surface area contributed by atoms with Gasteiger partial charge < -0.3 is 4.74 Å². The van der Waals surface area contributed by atoms with Gasteiger partial charge >= 0.3 is 5.97 Å². The average molecular weight is 306 g/mol. The molecule has 0 saturated heterocycles. The van der Waals surface area contributed by atoms with Crippen molar-refractivity contribution in [1.82, 2.24) is 0 Å². The summed E-state index contributed by atoms with van der Waals surface area (Å²) in [4.78, 5) is 12.2. The standard InChI is InChI=1S/C20H34O2/c1-4-5-16-6-12-19(13-7-16)20(21)22-14-17-8-10-18(11-9-17)15(2)3/h16-19H,2,4-14H2,1,3H3. The van der Waals surface area contributed by atoms with Gasteiger partial charge in [0.1, 0.15) is 0 Å². The van der Waals surface area contributed by atoms with Crippen molar-refractivity contribution < 1.29 is 9.53 Å². The number of carbonyl (C=O) groups excluding carboxylic acids is 1. The molecule has 0 bridgehead atoms. The Bertz CT molecular complexity index is 358. The van der Waals surface area contributed by atoms with Gasteiger partial charge in [-0.1, -0.05) is 31.9 Å². The van der Waals surface area contributed by atoms with Gasteiger partial charge in [-0.05, 0) is 76.0 Å². The number of hydrogen-bond donors (Lipinski definition) is 0. The third-order valence-electron chi connectivity index (χ3n) is 5.88. The van der Waals surface area contributed by atoms with E-state index < -0.39 is 0 Å². The Morgan fingerprint density at radius 1 is 0.955 bits per heavy atom. The van der Waals surface area contributed by atoms with Gasteiger partial charge in [0.05, 0.1) is 12.5 Å². The number of ether oxygens (including phenoxy) is 1. The summed E-state index contributed by atoms with van der Waals surface area (Å²) in [6, 6.07) is 0. The molecule has 0 spiro atoms. The maximum atomic E-state index is 12.2. The molecule has 2 rings (SSSR count). The molecular weight excluding hydrogens is 272 g/mol. The van der Waals surface area contributed by atoms with E-state index in [9.17, 15) is 4.79 Å². The summed E-state index contributed by atoms with van der Waals surface area (Å²) >= 11 is 0. The molecule has 0 radical (unpaired) electrons. The fraction of sp³-hybridized carbons (Fsp3) is 0.850. The first-order chi connectivity index (χ1) is 10.6. The van der Waals surface area contributed by atoms with E-state index in [0.717, 1.165) is 18.8 Å². The number of carbonyl (C=O) groups is 1. The van der Waals surface area contributed by atoms with E-state index >= 15 is 0 Å². The maximum Gasteiger partial charge on any atom is 0.308 e. The highest BCUT2D eigenvalue weighted by Crippen LogP contribution is 2.34. The molecule has 126 valence electrons. The Kier molecular flexibility index (Phi) is 6.98. The van der Waals surface area contributed by atoms with E-state index in [-0.39, 0.29) is 11.9 Å². The van der Waals surface area contributed by atoms with Gasteiger partial charge in [0, 0.05) is 0 Å². The molecule has 2 heteroatoms. The maximum absolute atomic E-state index is 12.2. The van der Waals surface area contributed by atoms with Crippen molar-refractivity contribution in [2.75, 3.05) is 6.61 Å². The molecule has 0 aromatic carbocycles. The van der Waals surface area contributed by atoms with Gasteiger partial charge in [-0.2, -0.15) is 0 Å². The van der Waals surface area contributed by atoms with Crippen LogP contribution in [0.1, 0.15) is 78.1 Å². The zero-order valence-electron chi connectivity index (χ0n) is 14.6. The molecule has 2 saturated carbocycles. The van der Waals surface area contributed by atoms with Crippen molar-refractivity contribution >= 4 is 5.97 Å². The molecule has 0 aromatic heterocycles. The summed E-state index contributed by atoms with van der Waals surface area (Å²) in [6.07, 6.45) is 12.0. The minimum Gasteiger partial charge on any atom is -0.465 e. The lowest BCUT2D eigenvalue weighted by atomic mass is 9.79. The second kappa shape index (κ2) is 8.74. The first kappa shape index (κ1) is 17.6. The number of hydrogen-bond acceptors (Lipinski definition) is 2. The van der Waals surface area contributed by atoms with E-state index in [1.807, 2.05) is 0 Å². The van der Waals surface area contributed by atoms with Crippen LogP contribution in [-0.2, 0) is 9.53 Å². The molecule has 0 unspecified atom stereocenters. The normalized spacial score (nSPS) is 32.5. The lowest BCUT2D eigenvalue weighted by molar-refractivity contribution is -0.151. The van der Waals surface area contributed by atoms with E-state index in [4.69, 9.17) is 4.74 Å².